The lowest BCUT2D eigenvalue weighted by atomic mass is 9.94. The third-order valence-electron chi connectivity index (χ3n) is 13.7. The van der Waals surface area contributed by atoms with Gasteiger partial charge >= 0.3 is 5.97 Å². The number of rotatable bonds is 35. The number of amides is 12. The summed E-state index contributed by atoms with van der Waals surface area (Å²) in [4.78, 5) is 166. The SMILES string of the molecule is CC(=O)NC1C(OC2C(CO)OC(O)C(NC(C)=O)C2OC(C)C(=O)NC(C)C(=O)NC(CCC(=O)NC(CCCNC(=O)C(CO)NC(=O)C(C)NC(=O)C(NC(=O)C(C)N)C(C)O)C(=O)NC(C)C(=O)NC(C)C(=O)O)C(N)=O)OC(CO)C(O)C1O. The Labute approximate surface area is 510 Å². The van der Waals surface area contributed by atoms with E-state index in [0.29, 0.717) is 0 Å². The number of carboxylic acid groups (broad SMARTS) is 1. The van der Waals surface area contributed by atoms with Crippen LogP contribution in [-0.2, 0) is 81.3 Å². The van der Waals surface area contributed by atoms with E-state index in [1.165, 1.54) is 34.6 Å². The van der Waals surface area contributed by atoms with Crippen LogP contribution >= 0.6 is 0 Å². The molecular formula is C51H87N13O25. The van der Waals surface area contributed by atoms with Gasteiger partial charge in [0.05, 0.1) is 32.0 Å². The minimum atomic E-state index is -1.94. The third-order valence-corrected chi connectivity index (χ3v) is 13.7. The van der Waals surface area contributed by atoms with E-state index >= 15 is 0 Å². The lowest BCUT2D eigenvalue weighted by molar-refractivity contribution is -0.333. The molecule has 0 aromatic carbocycles. The summed E-state index contributed by atoms with van der Waals surface area (Å²) < 4.78 is 23.2. The number of hydrogen-bond donors (Lipinski definition) is 21. The molecule has 0 bridgehead atoms. The van der Waals surface area contributed by atoms with Gasteiger partial charge in [-0.3, -0.25) is 62.3 Å². The van der Waals surface area contributed by atoms with Crippen molar-refractivity contribution in [2.45, 2.75) is 216 Å². The van der Waals surface area contributed by atoms with Crippen molar-refractivity contribution in [3.63, 3.8) is 0 Å². The molecule has 21 unspecified atom stereocenters. The van der Waals surface area contributed by atoms with Crippen molar-refractivity contribution in [1.29, 1.82) is 0 Å². The number of aliphatic carboxylic acids is 1. The molecule has 12 amide bonds. The van der Waals surface area contributed by atoms with Gasteiger partial charge in [-0.2, -0.15) is 0 Å². The smallest absolute Gasteiger partial charge is 0.325 e. The van der Waals surface area contributed by atoms with Crippen LogP contribution in [0.5, 0.6) is 0 Å². The Bertz CT molecular complexity index is 2480. The molecule has 2 fully saturated rings. The fourth-order valence-electron chi connectivity index (χ4n) is 8.58. The molecule has 0 spiro atoms. The van der Waals surface area contributed by atoms with Gasteiger partial charge in [0.2, 0.25) is 70.9 Å². The predicted octanol–water partition coefficient (Wildman–Crippen LogP) is -11.8. The number of hydrogen-bond acceptors (Lipinski definition) is 25. The summed E-state index contributed by atoms with van der Waals surface area (Å²) in [7, 11) is 0. The predicted molar refractivity (Wildman–Crippen MR) is 299 cm³/mol. The molecule has 2 saturated heterocycles. The number of carbonyl (C=O) groups is 13. The van der Waals surface area contributed by atoms with Crippen LogP contribution < -0.4 is 70.0 Å². The van der Waals surface area contributed by atoms with Crippen LogP contribution in [0.15, 0.2) is 0 Å². The molecule has 0 aliphatic carbocycles. The van der Waals surface area contributed by atoms with Gasteiger partial charge in [-0.15, -0.1) is 0 Å². The molecule has 89 heavy (non-hydrogen) atoms. The second kappa shape index (κ2) is 36.9. The van der Waals surface area contributed by atoms with Crippen molar-refractivity contribution in [2.75, 3.05) is 26.4 Å². The quantitative estimate of drug-likeness (QED) is 0.0262. The minimum Gasteiger partial charge on any atom is -0.480 e. The summed E-state index contributed by atoms with van der Waals surface area (Å²) >= 11 is 0. The van der Waals surface area contributed by atoms with Gasteiger partial charge in [-0.1, -0.05) is 0 Å². The van der Waals surface area contributed by atoms with E-state index < -0.39 is 237 Å². The van der Waals surface area contributed by atoms with Crippen molar-refractivity contribution in [1.82, 2.24) is 58.5 Å². The molecule has 2 aliphatic rings. The number of carboxylic acids is 1. The zero-order valence-electron chi connectivity index (χ0n) is 50.5. The maximum absolute atomic E-state index is 13.7. The summed E-state index contributed by atoms with van der Waals surface area (Å²) in [5.74, 6) is -12.7. The van der Waals surface area contributed by atoms with Crippen molar-refractivity contribution in [2.24, 2.45) is 11.5 Å². The molecule has 38 nitrogen and oxygen atoms in total. The maximum Gasteiger partial charge on any atom is 0.325 e. The highest BCUT2D eigenvalue weighted by Gasteiger charge is 2.53. The van der Waals surface area contributed by atoms with E-state index in [2.05, 4.69) is 58.5 Å². The van der Waals surface area contributed by atoms with Crippen LogP contribution in [0.4, 0.5) is 0 Å². The molecule has 2 heterocycles. The van der Waals surface area contributed by atoms with E-state index in [4.69, 9.17) is 30.4 Å². The Morgan fingerprint density at radius 1 is 0.551 bits per heavy atom. The Morgan fingerprint density at radius 2 is 1.07 bits per heavy atom. The van der Waals surface area contributed by atoms with Crippen LogP contribution in [0.1, 0.15) is 88.0 Å². The van der Waals surface area contributed by atoms with Gasteiger partial charge in [-0.25, -0.2) is 0 Å². The Balaban J connectivity index is 2.23. The van der Waals surface area contributed by atoms with Crippen LogP contribution in [-0.4, -0.2) is 272 Å². The van der Waals surface area contributed by atoms with Crippen LogP contribution in [0.25, 0.3) is 0 Å². The third kappa shape index (κ3) is 24.5. The van der Waals surface area contributed by atoms with Gasteiger partial charge in [0.15, 0.2) is 12.6 Å². The van der Waals surface area contributed by atoms with E-state index in [1.807, 2.05) is 0 Å². The fourth-order valence-corrected chi connectivity index (χ4v) is 8.58. The second-order valence-electron chi connectivity index (χ2n) is 21.3. The number of ether oxygens (including phenoxy) is 4. The molecule has 506 valence electrons. The lowest BCUT2D eigenvalue weighted by Crippen LogP contribution is -2.70. The Kier molecular flexibility index (Phi) is 32.3. The van der Waals surface area contributed by atoms with Crippen LogP contribution in [0.3, 0.4) is 0 Å². The van der Waals surface area contributed by atoms with Gasteiger partial charge in [0, 0.05) is 26.8 Å². The second-order valence-corrected chi connectivity index (χ2v) is 21.3. The van der Waals surface area contributed by atoms with Gasteiger partial charge in [-0.05, 0) is 67.7 Å². The van der Waals surface area contributed by atoms with Gasteiger partial charge in [0.1, 0.15) is 103 Å². The molecule has 0 aromatic heterocycles. The van der Waals surface area contributed by atoms with E-state index in [1.54, 1.807) is 0 Å². The summed E-state index contributed by atoms with van der Waals surface area (Å²) in [6.45, 7) is 7.52. The minimum absolute atomic E-state index is 0.136. The first kappa shape index (κ1) is 77.7. The average Bonchev–Trinajstić information content (AvgIpc) is 2.07. The first-order chi connectivity index (χ1) is 41.5. The van der Waals surface area contributed by atoms with E-state index in [9.17, 15) is 103 Å². The molecular weight excluding hydrogens is 1190 g/mol. The molecule has 23 N–H and O–H groups in total. The topological polar surface area (TPSA) is 605 Å². The number of aliphatic hydroxyl groups excluding tert-OH is 7. The first-order valence-electron chi connectivity index (χ1n) is 28.2. The molecule has 38 heteroatoms. The Morgan fingerprint density at radius 3 is 1.57 bits per heavy atom. The maximum atomic E-state index is 13.7. The van der Waals surface area contributed by atoms with Crippen LogP contribution in [0, 0.1) is 0 Å². The van der Waals surface area contributed by atoms with E-state index in [0.717, 1.165) is 27.7 Å². The highest BCUT2D eigenvalue weighted by atomic mass is 16.7. The number of nitrogens with two attached hydrogens (primary N) is 2. The summed E-state index contributed by atoms with van der Waals surface area (Å²) in [6, 6.07) is -16.1. The van der Waals surface area contributed by atoms with Gasteiger partial charge in [0.25, 0.3) is 0 Å². The molecule has 0 radical (unpaired) electrons. The molecule has 2 rings (SSSR count). The van der Waals surface area contributed by atoms with E-state index in [-0.39, 0.29) is 19.4 Å². The summed E-state index contributed by atoms with van der Waals surface area (Å²) in [6.07, 6.45) is -18.3. The average molecular weight is 1280 g/mol. The number of carbonyl (C=O) groups excluding carboxylic acids is 12. The normalized spacial score (nSPS) is 25.2. The zero-order chi connectivity index (χ0) is 67.9. The van der Waals surface area contributed by atoms with Gasteiger partial charge < -0.3 is 130 Å². The zero-order valence-corrected chi connectivity index (χ0v) is 50.5. The van der Waals surface area contributed by atoms with Crippen molar-refractivity contribution < 1.29 is 122 Å². The number of aliphatic hydroxyl groups is 7. The largest absolute Gasteiger partial charge is 0.480 e. The molecule has 0 saturated carbocycles. The summed E-state index contributed by atoms with van der Waals surface area (Å²) in [5, 5.41) is 107. The highest BCUT2D eigenvalue weighted by molar-refractivity contribution is 5.96. The van der Waals surface area contributed by atoms with Crippen molar-refractivity contribution in [3.8, 4) is 0 Å². The van der Waals surface area contributed by atoms with Crippen LogP contribution in [0.2, 0.25) is 0 Å². The first-order valence-corrected chi connectivity index (χ1v) is 28.2. The van der Waals surface area contributed by atoms with Crippen molar-refractivity contribution >= 4 is 76.9 Å². The molecule has 21 atom stereocenters. The standard InChI is InChI=1S/C51H87N13O25/c1-18(52)41(75)64-33(23(6)68)48(82)57-21(4)44(78)63-29(15-65)46(80)54-14-10-11-28(47(81)56-19(2)42(76)58-22(5)49(83)84)61-32(71)13-12-27(40(53)74)62-43(77)20(3)55-45(79)24(7)86-39-35(60-26(9)70)50(85)87-31(17-67)38(39)89-51-34(59-25(8)69)37(73)36(72)30(16-66)88-51/h18-24,27-31,33-39,50-51,65-68,72-73,85H,10-17,52H2,1-9H3,(H2,53,74)(H,54,80)(H,55,79)(H,56,81)(H,57,82)(H,58,76)(H,59,69)(H,60,70)(H,61,71)(H,62,77)(H,63,78)(H,64,75)(H,83,84). The van der Waals surface area contributed by atoms with Crippen molar-refractivity contribution in [3.05, 3.63) is 0 Å². The lowest BCUT2D eigenvalue weighted by Gasteiger charge is -2.48. The fraction of sp³-hybridized carbons (Fsp3) is 0.745. The summed E-state index contributed by atoms with van der Waals surface area (Å²) in [5.41, 5.74) is 11.1. The molecule has 0 aromatic rings. The number of primary amides is 1. The molecule has 2 aliphatic heterocycles. The highest BCUT2D eigenvalue weighted by Crippen LogP contribution is 2.31. The monoisotopic (exact) mass is 1280 g/mol. The number of nitrogens with one attached hydrogen (secondary N) is 11. The Hall–Kier alpha value is -7.37.